The molecule has 0 aliphatic rings. The standard InChI is InChI=1S/C18H30O9P2/c1-6-22-18(19)13-17(29(21,26-9-4)27-10-5)15-11-12-23-16(15)14-28(20,24-7-2)25-8-3/h11-13H,6-10,14H2,1-5H3. The van der Waals surface area contributed by atoms with Crippen molar-refractivity contribution in [1.29, 1.82) is 0 Å². The van der Waals surface area contributed by atoms with Crippen molar-refractivity contribution in [3.8, 4) is 0 Å². The monoisotopic (exact) mass is 452 g/mol. The van der Waals surface area contributed by atoms with Crippen LogP contribution < -0.4 is 0 Å². The van der Waals surface area contributed by atoms with Gasteiger partial charge >= 0.3 is 21.2 Å². The van der Waals surface area contributed by atoms with Gasteiger partial charge in [0.25, 0.3) is 0 Å². The van der Waals surface area contributed by atoms with E-state index in [2.05, 4.69) is 0 Å². The molecule has 0 unspecified atom stereocenters. The Hall–Kier alpha value is -1.21. The van der Waals surface area contributed by atoms with Crippen LogP contribution in [-0.2, 0) is 42.9 Å². The zero-order valence-corrected chi connectivity index (χ0v) is 19.3. The second kappa shape index (κ2) is 12.5. The highest BCUT2D eigenvalue weighted by molar-refractivity contribution is 7.65. The first-order valence-corrected chi connectivity index (χ1v) is 12.8. The van der Waals surface area contributed by atoms with E-state index in [9.17, 15) is 13.9 Å². The van der Waals surface area contributed by atoms with Crippen molar-refractivity contribution in [3.63, 3.8) is 0 Å². The Morgan fingerprint density at radius 1 is 0.931 bits per heavy atom. The largest absolute Gasteiger partial charge is 0.468 e. The first-order chi connectivity index (χ1) is 13.8. The zero-order chi connectivity index (χ0) is 21.9. The first kappa shape index (κ1) is 25.8. The Bertz CT molecular complexity index is 749. The SMILES string of the molecule is CCOC(=O)C=C(c1ccoc1CP(=O)(OCC)OCC)P(=O)(OCC)OCC. The number of carbonyl (C=O) groups excluding carboxylic acids is 1. The number of carbonyl (C=O) groups is 1. The summed E-state index contributed by atoms with van der Waals surface area (Å²) in [6.07, 6.45) is 2.17. The van der Waals surface area contributed by atoms with Crippen LogP contribution in [0, 0.1) is 0 Å². The predicted molar refractivity (Wildman–Crippen MR) is 109 cm³/mol. The summed E-state index contributed by atoms with van der Waals surface area (Å²) in [7, 11) is -7.40. The maximum absolute atomic E-state index is 13.4. The van der Waals surface area contributed by atoms with E-state index in [1.54, 1.807) is 34.6 Å². The summed E-state index contributed by atoms with van der Waals surface area (Å²) in [6.45, 7) is 9.01. The molecule has 0 bridgehead atoms. The average Bonchev–Trinajstić information content (AvgIpc) is 3.07. The smallest absolute Gasteiger partial charge is 0.362 e. The fraction of sp³-hybridized carbons (Fsp3) is 0.611. The molecule has 0 atom stereocenters. The van der Waals surface area contributed by atoms with Crippen molar-refractivity contribution in [3.05, 3.63) is 29.7 Å². The quantitative estimate of drug-likeness (QED) is 0.213. The molecule has 166 valence electrons. The number of rotatable bonds is 14. The van der Waals surface area contributed by atoms with Crippen LogP contribution in [-0.4, -0.2) is 39.0 Å². The van der Waals surface area contributed by atoms with Gasteiger partial charge in [-0.15, -0.1) is 0 Å². The van der Waals surface area contributed by atoms with E-state index >= 15 is 0 Å². The minimum Gasteiger partial charge on any atom is -0.468 e. The van der Waals surface area contributed by atoms with Gasteiger partial charge in [0.05, 0.1) is 44.6 Å². The number of esters is 1. The van der Waals surface area contributed by atoms with Gasteiger partial charge in [-0.3, -0.25) is 9.13 Å². The fourth-order valence-corrected chi connectivity index (χ4v) is 5.94. The lowest BCUT2D eigenvalue weighted by molar-refractivity contribution is -0.137. The second-order valence-electron chi connectivity index (χ2n) is 5.48. The molecule has 0 aromatic carbocycles. The molecule has 0 aliphatic heterocycles. The van der Waals surface area contributed by atoms with Gasteiger partial charge in [0.15, 0.2) is 0 Å². The zero-order valence-electron chi connectivity index (χ0n) is 17.5. The van der Waals surface area contributed by atoms with Gasteiger partial charge in [-0.25, -0.2) is 4.79 Å². The summed E-state index contributed by atoms with van der Waals surface area (Å²) >= 11 is 0. The molecule has 9 nitrogen and oxygen atoms in total. The maximum atomic E-state index is 13.4. The van der Waals surface area contributed by atoms with Crippen molar-refractivity contribution in [2.45, 2.75) is 40.8 Å². The van der Waals surface area contributed by atoms with Crippen LogP contribution in [0.4, 0.5) is 0 Å². The van der Waals surface area contributed by atoms with Crippen LogP contribution in [0.1, 0.15) is 45.9 Å². The van der Waals surface area contributed by atoms with Gasteiger partial charge in [0, 0.05) is 11.6 Å². The van der Waals surface area contributed by atoms with Gasteiger partial charge in [0.1, 0.15) is 11.9 Å². The molecule has 0 radical (unpaired) electrons. The molecule has 29 heavy (non-hydrogen) atoms. The Labute approximate surface area is 171 Å². The van der Waals surface area contributed by atoms with Crippen LogP contribution in [0.2, 0.25) is 0 Å². The summed E-state index contributed by atoms with van der Waals surface area (Å²) in [4.78, 5) is 12.1. The minimum absolute atomic E-state index is 0.0389. The van der Waals surface area contributed by atoms with Crippen LogP contribution in [0.3, 0.4) is 0 Å². The van der Waals surface area contributed by atoms with Crippen LogP contribution in [0.15, 0.2) is 22.8 Å². The molecule has 11 heteroatoms. The summed E-state index contributed by atoms with van der Waals surface area (Å²) < 4.78 is 58.2. The topological polar surface area (TPSA) is 110 Å². The molecule has 0 saturated heterocycles. The number of hydrogen-bond acceptors (Lipinski definition) is 9. The molecule has 0 fully saturated rings. The summed E-state index contributed by atoms with van der Waals surface area (Å²) in [6, 6.07) is 1.49. The van der Waals surface area contributed by atoms with E-state index in [4.69, 9.17) is 27.2 Å². The van der Waals surface area contributed by atoms with E-state index in [-0.39, 0.29) is 55.8 Å². The van der Waals surface area contributed by atoms with E-state index in [1.165, 1.54) is 12.3 Å². The van der Waals surface area contributed by atoms with Crippen molar-refractivity contribution in [2.75, 3.05) is 33.0 Å². The summed E-state index contributed by atoms with van der Waals surface area (Å²) in [5.41, 5.74) is 0.253. The number of ether oxygens (including phenoxy) is 1. The van der Waals surface area contributed by atoms with Gasteiger partial charge < -0.3 is 27.2 Å². The van der Waals surface area contributed by atoms with Gasteiger partial charge in [-0.05, 0) is 40.7 Å². The van der Waals surface area contributed by atoms with E-state index in [0.717, 1.165) is 6.08 Å². The third-order valence-electron chi connectivity index (χ3n) is 3.44. The molecule has 0 spiro atoms. The normalized spacial score (nSPS) is 12.9. The molecular formula is C18H30O9P2. The Kier molecular flexibility index (Phi) is 11.1. The first-order valence-electron chi connectivity index (χ1n) is 9.52. The van der Waals surface area contributed by atoms with E-state index in [1.807, 2.05) is 0 Å². The van der Waals surface area contributed by atoms with Gasteiger partial charge in [-0.1, -0.05) is 0 Å². The van der Waals surface area contributed by atoms with Crippen LogP contribution in [0.25, 0.3) is 5.31 Å². The third kappa shape index (κ3) is 7.52. The predicted octanol–water partition coefficient (Wildman–Crippen LogP) is 5.22. The highest BCUT2D eigenvalue weighted by Crippen LogP contribution is 2.62. The molecular weight excluding hydrogens is 422 g/mol. The molecule has 0 saturated carbocycles. The highest BCUT2D eigenvalue weighted by atomic mass is 31.2. The molecule has 1 aromatic heterocycles. The summed E-state index contributed by atoms with van der Waals surface area (Å²) in [5.74, 6) is -0.544. The van der Waals surface area contributed by atoms with Crippen LogP contribution in [0.5, 0.6) is 0 Å². The second-order valence-corrected chi connectivity index (χ2v) is 9.52. The van der Waals surface area contributed by atoms with Gasteiger partial charge in [-0.2, -0.15) is 0 Å². The lowest BCUT2D eigenvalue weighted by Crippen LogP contribution is -2.06. The van der Waals surface area contributed by atoms with Crippen molar-refractivity contribution in [2.24, 2.45) is 0 Å². The Morgan fingerprint density at radius 2 is 1.48 bits per heavy atom. The van der Waals surface area contributed by atoms with Crippen LogP contribution >= 0.6 is 15.2 Å². The van der Waals surface area contributed by atoms with Crippen molar-refractivity contribution in [1.82, 2.24) is 0 Å². The lowest BCUT2D eigenvalue weighted by Gasteiger charge is -2.21. The number of furan rings is 1. The Balaban J connectivity index is 3.49. The maximum Gasteiger partial charge on any atom is 0.362 e. The number of hydrogen-bond donors (Lipinski definition) is 0. The minimum atomic E-state index is -3.89. The Morgan fingerprint density at radius 3 is 1.97 bits per heavy atom. The van der Waals surface area contributed by atoms with Crippen molar-refractivity contribution >= 4 is 26.5 Å². The molecule has 1 aromatic rings. The molecule has 1 heterocycles. The van der Waals surface area contributed by atoms with E-state index in [0.29, 0.717) is 0 Å². The third-order valence-corrected chi connectivity index (χ3v) is 7.58. The van der Waals surface area contributed by atoms with Gasteiger partial charge in [0.2, 0.25) is 0 Å². The van der Waals surface area contributed by atoms with Crippen molar-refractivity contribution < 1.29 is 41.2 Å². The molecule has 0 amide bonds. The molecule has 0 N–H and O–H groups in total. The highest BCUT2D eigenvalue weighted by Gasteiger charge is 2.36. The fourth-order valence-electron chi connectivity index (χ4n) is 2.51. The summed E-state index contributed by atoms with van der Waals surface area (Å²) in [5, 5.41) is -0.0389. The van der Waals surface area contributed by atoms with E-state index < -0.39 is 21.2 Å². The lowest BCUT2D eigenvalue weighted by atomic mass is 10.2. The molecule has 1 rings (SSSR count). The molecule has 0 aliphatic carbocycles. The average molecular weight is 452 g/mol.